The zero-order chi connectivity index (χ0) is 17.1. The number of rotatable bonds is 4. The fraction of sp³-hybridized carbons (Fsp3) is 0.0588. The molecule has 0 aliphatic rings. The molecule has 0 atom stereocenters. The van der Waals surface area contributed by atoms with E-state index >= 15 is 0 Å². The minimum absolute atomic E-state index is 0.0155. The van der Waals surface area contributed by atoms with E-state index in [4.69, 9.17) is 4.52 Å². The standard InChI is InChI=1S/C17H11F3N2O2/c18-11-3-1-2-10(6-11)17(23)21-9-13-8-16(24-22-13)14-5-4-12(19)7-15(14)20/h1-8H,9H2,(H,21,23). The summed E-state index contributed by atoms with van der Waals surface area (Å²) in [5, 5.41) is 6.26. The average Bonchev–Trinajstić information content (AvgIpc) is 3.01. The van der Waals surface area contributed by atoms with Crippen LogP contribution < -0.4 is 5.32 Å². The Labute approximate surface area is 134 Å². The Hall–Kier alpha value is -3.09. The summed E-state index contributed by atoms with van der Waals surface area (Å²) in [6.45, 7) is 0.0155. The first-order valence-corrected chi connectivity index (χ1v) is 6.98. The Bertz CT molecular complexity index is 893. The molecule has 0 saturated carbocycles. The fourth-order valence-electron chi connectivity index (χ4n) is 2.11. The summed E-state index contributed by atoms with van der Waals surface area (Å²) in [7, 11) is 0. The second-order valence-corrected chi connectivity index (χ2v) is 5.00. The van der Waals surface area contributed by atoms with Gasteiger partial charge in [0.15, 0.2) is 5.76 Å². The number of hydrogen-bond acceptors (Lipinski definition) is 3. The molecule has 1 N–H and O–H groups in total. The molecule has 1 heterocycles. The van der Waals surface area contributed by atoms with Gasteiger partial charge in [-0.05, 0) is 30.3 Å². The Morgan fingerprint density at radius 2 is 1.83 bits per heavy atom. The van der Waals surface area contributed by atoms with E-state index in [1.165, 1.54) is 30.3 Å². The molecule has 0 unspecified atom stereocenters. The highest BCUT2D eigenvalue weighted by atomic mass is 19.1. The summed E-state index contributed by atoms with van der Waals surface area (Å²) in [5.41, 5.74) is 0.577. The Morgan fingerprint density at radius 1 is 1.04 bits per heavy atom. The maximum atomic E-state index is 13.7. The Kier molecular flexibility index (Phi) is 4.33. The molecule has 1 amide bonds. The molecular weight excluding hydrogens is 321 g/mol. The van der Waals surface area contributed by atoms with E-state index in [0.717, 1.165) is 18.2 Å². The normalized spacial score (nSPS) is 10.6. The number of carbonyl (C=O) groups excluding carboxylic acids is 1. The van der Waals surface area contributed by atoms with Crippen LogP contribution in [0.25, 0.3) is 11.3 Å². The summed E-state index contributed by atoms with van der Waals surface area (Å²) < 4.78 is 44.7. The van der Waals surface area contributed by atoms with Crippen LogP contribution in [-0.2, 0) is 6.54 Å². The third kappa shape index (κ3) is 3.45. The summed E-state index contributed by atoms with van der Waals surface area (Å²) >= 11 is 0. The molecule has 2 aromatic carbocycles. The van der Waals surface area contributed by atoms with E-state index in [-0.39, 0.29) is 23.4 Å². The first kappa shape index (κ1) is 15.8. The monoisotopic (exact) mass is 332 g/mol. The second kappa shape index (κ2) is 6.57. The van der Waals surface area contributed by atoms with Gasteiger partial charge in [0.05, 0.1) is 12.1 Å². The van der Waals surface area contributed by atoms with E-state index in [1.807, 2.05) is 0 Å². The molecule has 4 nitrogen and oxygen atoms in total. The van der Waals surface area contributed by atoms with Crippen molar-refractivity contribution in [1.82, 2.24) is 10.5 Å². The van der Waals surface area contributed by atoms with Gasteiger partial charge >= 0.3 is 0 Å². The van der Waals surface area contributed by atoms with Crippen molar-refractivity contribution in [2.75, 3.05) is 0 Å². The van der Waals surface area contributed by atoms with Crippen molar-refractivity contribution in [2.45, 2.75) is 6.54 Å². The third-order valence-corrected chi connectivity index (χ3v) is 3.27. The number of hydrogen-bond donors (Lipinski definition) is 1. The van der Waals surface area contributed by atoms with Crippen LogP contribution >= 0.6 is 0 Å². The molecule has 122 valence electrons. The van der Waals surface area contributed by atoms with Gasteiger partial charge in [-0.2, -0.15) is 0 Å². The van der Waals surface area contributed by atoms with Crippen molar-refractivity contribution in [1.29, 1.82) is 0 Å². The van der Waals surface area contributed by atoms with Gasteiger partial charge in [-0.1, -0.05) is 11.2 Å². The molecule has 7 heteroatoms. The Balaban J connectivity index is 1.69. The van der Waals surface area contributed by atoms with Crippen molar-refractivity contribution in [3.63, 3.8) is 0 Å². The molecule has 0 spiro atoms. The zero-order valence-electron chi connectivity index (χ0n) is 12.2. The lowest BCUT2D eigenvalue weighted by molar-refractivity contribution is 0.0949. The lowest BCUT2D eigenvalue weighted by Crippen LogP contribution is -2.22. The highest BCUT2D eigenvalue weighted by molar-refractivity contribution is 5.94. The van der Waals surface area contributed by atoms with Gasteiger partial charge in [0.1, 0.15) is 23.1 Å². The minimum Gasteiger partial charge on any atom is -0.356 e. The molecule has 1 aromatic heterocycles. The predicted molar refractivity (Wildman–Crippen MR) is 79.4 cm³/mol. The van der Waals surface area contributed by atoms with Crippen LogP contribution in [0.4, 0.5) is 13.2 Å². The van der Waals surface area contributed by atoms with Crippen LogP contribution in [-0.4, -0.2) is 11.1 Å². The SMILES string of the molecule is O=C(NCc1cc(-c2ccc(F)cc2F)on1)c1cccc(F)c1. The largest absolute Gasteiger partial charge is 0.356 e. The van der Waals surface area contributed by atoms with Gasteiger partial charge in [-0.15, -0.1) is 0 Å². The number of nitrogens with one attached hydrogen (secondary N) is 1. The molecule has 0 aliphatic carbocycles. The lowest BCUT2D eigenvalue weighted by Gasteiger charge is -2.02. The van der Waals surface area contributed by atoms with E-state index in [9.17, 15) is 18.0 Å². The predicted octanol–water partition coefficient (Wildman–Crippen LogP) is 3.69. The molecule has 0 saturated heterocycles. The van der Waals surface area contributed by atoms with Gasteiger partial charge in [-0.3, -0.25) is 4.79 Å². The van der Waals surface area contributed by atoms with E-state index < -0.39 is 23.4 Å². The van der Waals surface area contributed by atoms with Gasteiger partial charge in [0, 0.05) is 17.7 Å². The van der Waals surface area contributed by atoms with Crippen molar-refractivity contribution in [3.8, 4) is 11.3 Å². The van der Waals surface area contributed by atoms with Crippen molar-refractivity contribution >= 4 is 5.91 Å². The fourth-order valence-corrected chi connectivity index (χ4v) is 2.11. The number of amides is 1. The van der Waals surface area contributed by atoms with Crippen LogP contribution in [0, 0.1) is 17.5 Å². The van der Waals surface area contributed by atoms with E-state index in [2.05, 4.69) is 10.5 Å². The Morgan fingerprint density at radius 3 is 2.58 bits per heavy atom. The van der Waals surface area contributed by atoms with E-state index in [1.54, 1.807) is 0 Å². The van der Waals surface area contributed by atoms with Crippen molar-refractivity contribution in [3.05, 3.63) is 77.2 Å². The molecule has 3 rings (SSSR count). The minimum atomic E-state index is -0.776. The van der Waals surface area contributed by atoms with Crippen molar-refractivity contribution in [2.24, 2.45) is 0 Å². The van der Waals surface area contributed by atoms with Crippen LogP contribution in [0.15, 0.2) is 53.1 Å². The molecule has 0 radical (unpaired) electrons. The zero-order valence-corrected chi connectivity index (χ0v) is 12.2. The molecule has 3 aromatic rings. The first-order valence-electron chi connectivity index (χ1n) is 6.98. The highest BCUT2D eigenvalue weighted by Crippen LogP contribution is 2.24. The van der Waals surface area contributed by atoms with Crippen LogP contribution in [0.3, 0.4) is 0 Å². The molecule has 0 aliphatic heterocycles. The molecule has 0 fully saturated rings. The smallest absolute Gasteiger partial charge is 0.251 e. The quantitative estimate of drug-likeness (QED) is 0.793. The molecule has 24 heavy (non-hydrogen) atoms. The number of halogens is 3. The number of carbonyl (C=O) groups is 1. The maximum Gasteiger partial charge on any atom is 0.251 e. The number of aromatic nitrogens is 1. The van der Waals surface area contributed by atoms with Gasteiger partial charge in [-0.25, -0.2) is 13.2 Å². The molecular formula is C17H11F3N2O2. The summed E-state index contributed by atoms with van der Waals surface area (Å²) in [4.78, 5) is 11.9. The second-order valence-electron chi connectivity index (χ2n) is 5.00. The number of benzene rings is 2. The third-order valence-electron chi connectivity index (χ3n) is 3.27. The summed E-state index contributed by atoms with van der Waals surface area (Å²) in [6, 6.07) is 9.75. The highest BCUT2D eigenvalue weighted by Gasteiger charge is 2.13. The van der Waals surface area contributed by atoms with E-state index in [0.29, 0.717) is 5.69 Å². The molecule has 0 bridgehead atoms. The lowest BCUT2D eigenvalue weighted by atomic mass is 10.1. The van der Waals surface area contributed by atoms with Gasteiger partial charge in [0.25, 0.3) is 5.91 Å². The topological polar surface area (TPSA) is 55.1 Å². The van der Waals surface area contributed by atoms with Gasteiger partial charge < -0.3 is 9.84 Å². The first-order chi connectivity index (χ1) is 11.5. The van der Waals surface area contributed by atoms with Crippen molar-refractivity contribution < 1.29 is 22.5 Å². The maximum absolute atomic E-state index is 13.7. The van der Waals surface area contributed by atoms with Crippen LogP contribution in [0.2, 0.25) is 0 Å². The average molecular weight is 332 g/mol. The summed E-state index contributed by atoms with van der Waals surface area (Å²) in [6.07, 6.45) is 0. The number of nitrogens with zero attached hydrogens (tertiary/aromatic N) is 1. The van der Waals surface area contributed by atoms with Crippen LogP contribution in [0.1, 0.15) is 16.1 Å². The van der Waals surface area contributed by atoms with Gasteiger partial charge in [0.2, 0.25) is 0 Å². The van der Waals surface area contributed by atoms with Crippen LogP contribution in [0.5, 0.6) is 0 Å². The summed E-state index contributed by atoms with van der Waals surface area (Å²) in [5.74, 6) is -2.35.